The number of nitrogens with zero attached hydrogens (tertiary/aromatic N) is 4. The van der Waals surface area contributed by atoms with E-state index in [9.17, 15) is 8.78 Å². The average molecular weight is 526 g/mol. The normalized spacial score (nSPS) is 17.6. The van der Waals surface area contributed by atoms with Gasteiger partial charge in [0.1, 0.15) is 11.4 Å². The van der Waals surface area contributed by atoms with E-state index in [1.54, 1.807) is 10.6 Å². The molecule has 5 rings (SSSR count). The largest absolute Gasteiger partial charge is 0.492 e. The van der Waals surface area contributed by atoms with Gasteiger partial charge in [-0.3, -0.25) is 0 Å². The fourth-order valence-electron chi connectivity index (χ4n) is 3.94. The Hall–Kier alpha value is -2.68. The Morgan fingerprint density at radius 3 is 2.68 bits per heavy atom. The highest BCUT2D eigenvalue weighted by Crippen LogP contribution is 2.43. The van der Waals surface area contributed by atoms with Crippen LogP contribution in [0.25, 0.3) is 28.6 Å². The Morgan fingerprint density at radius 2 is 1.94 bits per heavy atom. The smallest absolute Gasteiger partial charge is 0.269 e. The summed E-state index contributed by atoms with van der Waals surface area (Å²) < 4.78 is 40.2. The highest BCUT2D eigenvalue weighted by Gasteiger charge is 2.43. The van der Waals surface area contributed by atoms with Crippen LogP contribution in [0.4, 0.5) is 8.78 Å². The van der Waals surface area contributed by atoms with Crippen molar-refractivity contribution in [3.8, 4) is 28.7 Å². The molecular weight excluding hydrogens is 509 g/mol. The number of benzene rings is 1. The van der Waals surface area contributed by atoms with Gasteiger partial charge in [0.05, 0.1) is 27.2 Å². The van der Waals surface area contributed by atoms with Crippen LogP contribution in [0.5, 0.6) is 5.75 Å². The third kappa shape index (κ3) is 4.26. The lowest BCUT2D eigenvalue weighted by atomic mass is 10.1. The number of hydrogen-bond donors (Lipinski definition) is 0. The second-order valence-electron chi connectivity index (χ2n) is 8.30. The lowest BCUT2D eigenvalue weighted by Gasteiger charge is -2.14. The van der Waals surface area contributed by atoms with E-state index in [1.807, 2.05) is 19.2 Å². The summed E-state index contributed by atoms with van der Waals surface area (Å²) in [5, 5.41) is 4.99. The molecule has 176 valence electrons. The van der Waals surface area contributed by atoms with Crippen molar-refractivity contribution in [1.29, 1.82) is 0 Å². The van der Waals surface area contributed by atoms with Gasteiger partial charge in [0.15, 0.2) is 5.65 Å². The zero-order valence-corrected chi connectivity index (χ0v) is 20.1. The number of imidazole rings is 1. The molecule has 1 aromatic carbocycles. The van der Waals surface area contributed by atoms with Gasteiger partial charge in [0.25, 0.3) is 11.8 Å². The minimum absolute atomic E-state index is 0.0733. The summed E-state index contributed by atoms with van der Waals surface area (Å²) >= 11 is 19.1. The van der Waals surface area contributed by atoms with Gasteiger partial charge in [-0.25, -0.2) is 13.8 Å². The average Bonchev–Trinajstić information content (AvgIpc) is 3.46. The van der Waals surface area contributed by atoms with E-state index >= 15 is 0 Å². The van der Waals surface area contributed by atoms with Crippen molar-refractivity contribution in [1.82, 2.24) is 19.5 Å². The molecule has 0 amide bonds. The van der Waals surface area contributed by atoms with Crippen LogP contribution in [0.15, 0.2) is 47.3 Å². The summed E-state index contributed by atoms with van der Waals surface area (Å²) in [7, 11) is 0. The highest BCUT2D eigenvalue weighted by atomic mass is 35.5. The van der Waals surface area contributed by atoms with E-state index in [0.717, 1.165) is 5.56 Å². The standard InChI is InChI=1S/C23H17Cl3F2N4O2/c1-11-3-17(26)21-29-18(9-32(21)8-11)20-30-22(34-31-20)14-5-16(25)19(6-15(14)24)33-10-13-4-12(2)23(27,28)7-13/h3,5-6,8-9,13H,2,4,7,10H2,1H3. The van der Waals surface area contributed by atoms with Gasteiger partial charge in [-0.1, -0.05) is 46.5 Å². The topological polar surface area (TPSA) is 65.5 Å². The molecule has 0 aliphatic heterocycles. The van der Waals surface area contributed by atoms with Gasteiger partial charge in [-0.2, -0.15) is 4.98 Å². The predicted molar refractivity (Wildman–Crippen MR) is 126 cm³/mol. The van der Waals surface area contributed by atoms with Crippen LogP contribution in [0.2, 0.25) is 15.1 Å². The fourth-order valence-corrected chi connectivity index (χ4v) is 4.70. The van der Waals surface area contributed by atoms with E-state index in [2.05, 4.69) is 21.7 Å². The van der Waals surface area contributed by atoms with Crippen LogP contribution >= 0.6 is 34.8 Å². The first-order chi connectivity index (χ1) is 16.1. The molecule has 0 saturated heterocycles. The second kappa shape index (κ2) is 8.52. The molecular formula is C23H17Cl3F2N4O2. The maximum absolute atomic E-state index is 13.7. The summed E-state index contributed by atoms with van der Waals surface area (Å²) in [6, 6.07) is 4.84. The zero-order valence-electron chi connectivity index (χ0n) is 17.8. The first kappa shape index (κ1) is 23.1. The lowest BCUT2D eigenvalue weighted by Crippen LogP contribution is -2.14. The lowest BCUT2D eigenvalue weighted by molar-refractivity contribution is 0.0378. The number of fused-ring (bicyclic) bond motifs is 1. The van der Waals surface area contributed by atoms with Crippen molar-refractivity contribution >= 4 is 40.4 Å². The summed E-state index contributed by atoms with van der Waals surface area (Å²) in [6.07, 6.45) is 3.54. The molecule has 0 radical (unpaired) electrons. The third-order valence-corrected chi connectivity index (χ3v) is 6.51. The number of hydrogen-bond acceptors (Lipinski definition) is 5. The van der Waals surface area contributed by atoms with Gasteiger partial charge in [-0.15, -0.1) is 0 Å². The van der Waals surface area contributed by atoms with Crippen molar-refractivity contribution < 1.29 is 18.0 Å². The Labute approximate surface area is 208 Å². The molecule has 1 saturated carbocycles. The van der Waals surface area contributed by atoms with Crippen molar-refractivity contribution in [3.63, 3.8) is 0 Å². The second-order valence-corrected chi connectivity index (χ2v) is 9.52. The van der Waals surface area contributed by atoms with Crippen molar-refractivity contribution in [2.75, 3.05) is 6.61 Å². The van der Waals surface area contributed by atoms with Crippen molar-refractivity contribution in [2.45, 2.75) is 25.7 Å². The molecule has 1 unspecified atom stereocenters. The van der Waals surface area contributed by atoms with Gasteiger partial charge < -0.3 is 13.7 Å². The van der Waals surface area contributed by atoms with E-state index < -0.39 is 5.92 Å². The van der Waals surface area contributed by atoms with Crippen LogP contribution in [-0.4, -0.2) is 32.1 Å². The first-order valence-corrected chi connectivity index (χ1v) is 11.4. The molecule has 34 heavy (non-hydrogen) atoms. The molecule has 1 aliphatic rings. The summed E-state index contributed by atoms with van der Waals surface area (Å²) in [6.45, 7) is 5.45. The van der Waals surface area contributed by atoms with E-state index in [0.29, 0.717) is 21.9 Å². The highest BCUT2D eigenvalue weighted by molar-refractivity contribution is 6.36. The van der Waals surface area contributed by atoms with E-state index in [-0.39, 0.29) is 58.4 Å². The van der Waals surface area contributed by atoms with Crippen molar-refractivity contribution in [3.05, 3.63) is 63.4 Å². The molecule has 11 heteroatoms. The van der Waals surface area contributed by atoms with Crippen molar-refractivity contribution in [2.24, 2.45) is 5.92 Å². The summed E-state index contributed by atoms with van der Waals surface area (Å²) in [5.74, 6) is -2.54. The van der Waals surface area contributed by atoms with E-state index in [4.69, 9.17) is 44.1 Å². The Bertz CT molecular complexity index is 1430. The zero-order chi connectivity index (χ0) is 24.2. The van der Waals surface area contributed by atoms with Crippen LogP contribution in [0.1, 0.15) is 18.4 Å². The minimum Gasteiger partial charge on any atom is -0.492 e. The number of rotatable bonds is 5. The molecule has 1 aliphatic carbocycles. The first-order valence-electron chi connectivity index (χ1n) is 10.3. The Kier molecular flexibility index (Phi) is 5.78. The van der Waals surface area contributed by atoms with Gasteiger partial charge >= 0.3 is 0 Å². The van der Waals surface area contributed by atoms with Crippen LogP contribution in [0.3, 0.4) is 0 Å². The van der Waals surface area contributed by atoms with Gasteiger partial charge in [0, 0.05) is 30.8 Å². The SMILES string of the molecule is C=C1CC(COc2cc(Cl)c(-c3nc(-c4cn5cc(C)cc(Cl)c5n4)no3)cc2Cl)CC1(F)F. The van der Waals surface area contributed by atoms with Gasteiger partial charge in [-0.05, 0) is 36.6 Å². The maximum atomic E-state index is 13.7. The number of allylic oxidation sites excluding steroid dienone is 1. The number of aryl methyl sites for hydroxylation is 1. The molecule has 0 spiro atoms. The molecule has 3 aromatic heterocycles. The molecule has 3 heterocycles. The fraction of sp³-hybridized carbons (Fsp3) is 0.261. The number of alkyl halides is 2. The number of halogens is 5. The predicted octanol–water partition coefficient (Wildman–Crippen LogP) is 7.30. The third-order valence-electron chi connectivity index (χ3n) is 5.62. The quantitative estimate of drug-likeness (QED) is 0.256. The minimum atomic E-state index is -2.86. The van der Waals surface area contributed by atoms with Crippen LogP contribution in [-0.2, 0) is 0 Å². The monoisotopic (exact) mass is 524 g/mol. The molecule has 1 fully saturated rings. The Balaban J connectivity index is 1.36. The number of aromatic nitrogens is 4. The van der Waals surface area contributed by atoms with Gasteiger partial charge in [0.2, 0.25) is 5.82 Å². The molecule has 4 aromatic rings. The van der Waals surface area contributed by atoms with E-state index in [1.165, 1.54) is 12.1 Å². The summed E-state index contributed by atoms with van der Waals surface area (Å²) in [5.41, 5.74) is 2.34. The summed E-state index contributed by atoms with van der Waals surface area (Å²) in [4.78, 5) is 8.86. The Morgan fingerprint density at radius 1 is 1.15 bits per heavy atom. The molecule has 0 N–H and O–H groups in total. The number of ether oxygens (including phenoxy) is 1. The molecule has 0 bridgehead atoms. The molecule has 1 atom stereocenters. The molecule has 6 nitrogen and oxygen atoms in total. The van der Waals surface area contributed by atoms with Crippen LogP contribution in [0, 0.1) is 12.8 Å². The number of pyridine rings is 1. The maximum Gasteiger partial charge on any atom is 0.269 e. The van der Waals surface area contributed by atoms with Crippen LogP contribution < -0.4 is 4.74 Å².